The number of nitrogens with zero attached hydrogens (tertiary/aromatic N) is 2. The maximum atomic E-state index is 12.2. The Bertz CT molecular complexity index is 293. The van der Waals surface area contributed by atoms with Crippen LogP contribution in [0.4, 0.5) is 0 Å². The third kappa shape index (κ3) is 6.58. The van der Waals surface area contributed by atoms with Crippen LogP contribution in [0.2, 0.25) is 0 Å². The lowest BCUT2D eigenvalue weighted by molar-refractivity contribution is -0.132. The molecule has 0 spiro atoms. The lowest BCUT2D eigenvalue weighted by Crippen LogP contribution is -2.34. The second kappa shape index (κ2) is 9.80. The first-order valence-electron chi connectivity index (χ1n) is 7.41. The van der Waals surface area contributed by atoms with E-state index in [0.29, 0.717) is 32.5 Å². The third-order valence-corrected chi connectivity index (χ3v) is 3.90. The van der Waals surface area contributed by atoms with E-state index in [1.165, 1.54) is 32.1 Å². The summed E-state index contributed by atoms with van der Waals surface area (Å²) in [7, 11) is 1.63. The molecule has 1 fully saturated rings. The van der Waals surface area contributed by atoms with Gasteiger partial charge in [0.1, 0.15) is 0 Å². The minimum atomic E-state index is 0.179. The lowest BCUT2D eigenvalue weighted by atomic mass is 9.86. The van der Waals surface area contributed by atoms with Crippen molar-refractivity contribution >= 4 is 5.91 Å². The molecule has 0 N–H and O–H groups in total. The Kier molecular flexibility index (Phi) is 8.24. The molecule has 0 unspecified atom stereocenters. The average molecular weight is 266 g/mol. The predicted molar refractivity (Wildman–Crippen MR) is 74.5 cm³/mol. The summed E-state index contributed by atoms with van der Waals surface area (Å²) >= 11 is 0. The topological polar surface area (TPSA) is 53.3 Å². The van der Waals surface area contributed by atoms with E-state index >= 15 is 0 Å². The standard InChI is InChI=1S/C15H26N2O2/c1-19-13-12-17(11-5-10-16)15(18)9-8-14-6-3-2-4-7-14/h14H,2-9,11-13H2,1H3. The van der Waals surface area contributed by atoms with Crippen molar-refractivity contribution in [3.05, 3.63) is 0 Å². The molecule has 0 bridgehead atoms. The number of rotatable bonds is 8. The summed E-state index contributed by atoms with van der Waals surface area (Å²) < 4.78 is 5.02. The average Bonchev–Trinajstić information content (AvgIpc) is 2.46. The van der Waals surface area contributed by atoms with Gasteiger partial charge in [0, 0.05) is 26.6 Å². The van der Waals surface area contributed by atoms with Crippen molar-refractivity contribution in [2.24, 2.45) is 5.92 Å². The van der Waals surface area contributed by atoms with Crippen molar-refractivity contribution < 1.29 is 9.53 Å². The summed E-state index contributed by atoms with van der Waals surface area (Å²) in [5.41, 5.74) is 0. The molecule has 0 radical (unpaired) electrons. The molecule has 0 atom stereocenters. The monoisotopic (exact) mass is 266 g/mol. The minimum Gasteiger partial charge on any atom is -0.383 e. The summed E-state index contributed by atoms with van der Waals surface area (Å²) in [6.45, 7) is 1.67. The smallest absolute Gasteiger partial charge is 0.222 e. The Morgan fingerprint density at radius 3 is 2.68 bits per heavy atom. The number of methoxy groups -OCH3 is 1. The van der Waals surface area contributed by atoms with Gasteiger partial charge in [-0.05, 0) is 12.3 Å². The molecule has 0 saturated heterocycles. The van der Waals surface area contributed by atoms with Gasteiger partial charge in [-0.2, -0.15) is 5.26 Å². The molecule has 1 rings (SSSR count). The van der Waals surface area contributed by atoms with Crippen LogP contribution in [0.3, 0.4) is 0 Å². The largest absolute Gasteiger partial charge is 0.383 e. The van der Waals surface area contributed by atoms with Gasteiger partial charge in [-0.15, -0.1) is 0 Å². The number of nitriles is 1. The molecule has 4 heteroatoms. The molecule has 4 nitrogen and oxygen atoms in total. The Balaban J connectivity index is 2.30. The molecular weight excluding hydrogens is 240 g/mol. The first-order chi connectivity index (χ1) is 9.27. The van der Waals surface area contributed by atoms with E-state index in [9.17, 15) is 4.79 Å². The van der Waals surface area contributed by atoms with E-state index in [1.807, 2.05) is 0 Å². The number of amides is 1. The van der Waals surface area contributed by atoms with Crippen LogP contribution in [0.25, 0.3) is 0 Å². The van der Waals surface area contributed by atoms with Crippen molar-refractivity contribution in [1.29, 1.82) is 5.26 Å². The van der Waals surface area contributed by atoms with E-state index in [4.69, 9.17) is 10.00 Å². The molecule has 1 aliphatic carbocycles. The van der Waals surface area contributed by atoms with E-state index in [-0.39, 0.29) is 5.91 Å². The maximum absolute atomic E-state index is 12.2. The van der Waals surface area contributed by atoms with Crippen LogP contribution < -0.4 is 0 Å². The fraction of sp³-hybridized carbons (Fsp3) is 0.867. The van der Waals surface area contributed by atoms with Gasteiger partial charge in [0.25, 0.3) is 0 Å². The third-order valence-electron chi connectivity index (χ3n) is 3.90. The highest BCUT2D eigenvalue weighted by Gasteiger charge is 2.17. The number of carbonyl (C=O) groups is 1. The van der Waals surface area contributed by atoms with Crippen molar-refractivity contribution in [1.82, 2.24) is 4.90 Å². The van der Waals surface area contributed by atoms with Crippen LogP contribution in [0.5, 0.6) is 0 Å². The predicted octanol–water partition coefficient (Wildman–Crippen LogP) is 2.74. The highest BCUT2D eigenvalue weighted by molar-refractivity contribution is 5.76. The zero-order valence-corrected chi connectivity index (χ0v) is 12.1. The molecule has 1 aliphatic rings. The van der Waals surface area contributed by atoms with Gasteiger partial charge in [-0.3, -0.25) is 4.79 Å². The summed E-state index contributed by atoms with van der Waals surface area (Å²) in [5, 5.41) is 8.64. The van der Waals surface area contributed by atoms with Gasteiger partial charge in [0.05, 0.1) is 19.1 Å². The Morgan fingerprint density at radius 1 is 1.32 bits per heavy atom. The molecule has 19 heavy (non-hydrogen) atoms. The second-order valence-electron chi connectivity index (χ2n) is 5.32. The van der Waals surface area contributed by atoms with E-state index < -0.39 is 0 Å². The van der Waals surface area contributed by atoms with Crippen molar-refractivity contribution in [3.8, 4) is 6.07 Å². The Morgan fingerprint density at radius 2 is 2.05 bits per heavy atom. The van der Waals surface area contributed by atoms with Gasteiger partial charge in [0.15, 0.2) is 0 Å². The first kappa shape index (κ1) is 16.0. The molecule has 0 aromatic carbocycles. The summed E-state index contributed by atoms with van der Waals surface area (Å²) in [5.74, 6) is 0.913. The second-order valence-corrected chi connectivity index (χ2v) is 5.32. The SMILES string of the molecule is COCCN(CCC#N)C(=O)CCC1CCCCC1. The van der Waals surface area contributed by atoms with E-state index in [1.54, 1.807) is 12.0 Å². The number of hydrogen-bond donors (Lipinski definition) is 0. The summed E-state index contributed by atoms with van der Waals surface area (Å²) in [6, 6.07) is 2.10. The molecule has 0 heterocycles. The first-order valence-corrected chi connectivity index (χ1v) is 7.41. The molecule has 0 aliphatic heterocycles. The van der Waals surface area contributed by atoms with Crippen molar-refractivity contribution in [2.45, 2.75) is 51.4 Å². The summed E-state index contributed by atoms with van der Waals surface area (Å²) in [6.07, 6.45) is 8.59. The van der Waals surface area contributed by atoms with Crippen LogP contribution in [0.15, 0.2) is 0 Å². The molecule has 0 aromatic heterocycles. The van der Waals surface area contributed by atoms with Gasteiger partial charge in [-0.25, -0.2) is 0 Å². The van der Waals surface area contributed by atoms with Gasteiger partial charge < -0.3 is 9.64 Å². The molecule has 0 aromatic rings. The van der Waals surface area contributed by atoms with Gasteiger partial charge in [0.2, 0.25) is 5.91 Å². The lowest BCUT2D eigenvalue weighted by Gasteiger charge is -2.24. The fourth-order valence-corrected chi connectivity index (χ4v) is 2.71. The zero-order chi connectivity index (χ0) is 13.9. The molecule has 1 amide bonds. The normalized spacial score (nSPS) is 16.0. The van der Waals surface area contributed by atoms with Crippen LogP contribution in [0.1, 0.15) is 51.4 Å². The van der Waals surface area contributed by atoms with Gasteiger partial charge in [-0.1, -0.05) is 32.1 Å². The van der Waals surface area contributed by atoms with Crippen molar-refractivity contribution in [2.75, 3.05) is 26.8 Å². The zero-order valence-electron chi connectivity index (χ0n) is 12.1. The van der Waals surface area contributed by atoms with Crippen LogP contribution in [0, 0.1) is 17.2 Å². The van der Waals surface area contributed by atoms with Crippen LogP contribution >= 0.6 is 0 Å². The van der Waals surface area contributed by atoms with Crippen molar-refractivity contribution in [3.63, 3.8) is 0 Å². The van der Waals surface area contributed by atoms with Gasteiger partial charge >= 0.3 is 0 Å². The van der Waals surface area contributed by atoms with Crippen LogP contribution in [-0.2, 0) is 9.53 Å². The highest BCUT2D eigenvalue weighted by atomic mass is 16.5. The quantitative estimate of drug-likeness (QED) is 0.678. The maximum Gasteiger partial charge on any atom is 0.222 e. The number of hydrogen-bond acceptors (Lipinski definition) is 3. The Labute approximate surface area is 116 Å². The highest BCUT2D eigenvalue weighted by Crippen LogP contribution is 2.27. The van der Waals surface area contributed by atoms with E-state index in [2.05, 4.69) is 6.07 Å². The fourth-order valence-electron chi connectivity index (χ4n) is 2.71. The number of carbonyl (C=O) groups excluding carboxylic acids is 1. The Hall–Kier alpha value is -1.08. The minimum absolute atomic E-state index is 0.179. The molecule has 1 saturated carbocycles. The van der Waals surface area contributed by atoms with E-state index in [0.717, 1.165) is 12.3 Å². The molecule has 108 valence electrons. The van der Waals surface area contributed by atoms with Crippen LogP contribution in [-0.4, -0.2) is 37.6 Å². The molecular formula is C15H26N2O2. The summed E-state index contributed by atoms with van der Waals surface area (Å²) in [4.78, 5) is 13.9. The number of ether oxygens (including phenoxy) is 1.